The highest BCUT2D eigenvalue weighted by Gasteiger charge is 2.22. The maximum atomic E-state index is 12.6. The van der Waals surface area contributed by atoms with Crippen molar-refractivity contribution in [3.05, 3.63) is 67.5 Å². The third kappa shape index (κ3) is 3.71. The van der Waals surface area contributed by atoms with E-state index >= 15 is 0 Å². The maximum Gasteiger partial charge on any atom is 0.317 e. The maximum absolute atomic E-state index is 12.6. The molecule has 1 heterocycles. The van der Waals surface area contributed by atoms with Crippen molar-refractivity contribution >= 4 is 0 Å². The monoisotopic (exact) mass is 347 g/mol. The van der Waals surface area contributed by atoms with E-state index in [0.717, 1.165) is 9.13 Å². The van der Waals surface area contributed by atoms with E-state index in [-0.39, 0.29) is 29.9 Å². The van der Waals surface area contributed by atoms with E-state index in [4.69, 9.17) is 5.26 Å². The number of nitriles is 3. The molecule has 1 aromatic heterocycles. The summed E-state index contributed by atoms with van der Waals surface area (Å²) in [6.07, 6.45) is 0. The zero-order chi connectivity index (χ0) is 19.5. The lowest BCUT2D eigenvalue weighted by molar-refractivity contribution is 0.333. The van der Waals surface area contributed by atoms with Gasteiger partial charge in [0.1, 0.15) is 12.1 Å². The third-order valence-electron chi connectivity index (χ3n) is 3.71. The van der Waals surface area contributed by atoms with Crippen LogP contribution in [0.1, 0.15) is 43.3 Å². The zero-order valence-electron chi connectivity index (χ0n) is 14.8. The van der Waals surface area contributed by atoms with Crippen LogP contribution in [0.15, 0.2) is 33.9 Å². The van der Waals surface area contributed by atoms with Gasteiger partial charge < -0.3 is 0 Å². The molecule has 0 spiro atoms. The van der Waals surface area contributed by atoms with E-state index in [1.807, 2.05) is 39.0 Å². The van der Waals surface area contributed by atoms with Crippen LogP contribution in [0.25, 0.3) is 0 Å². The summed E-state index contributed by atoms with van der Waals surface area (Å²) in [7, 11) is 0. The highest BCUT2D eigenvalue weighted by atomic mass is 16.2. The fraction of sp³-hybridized carbons (Fsp3) is 0.316. The van der Waals surface area contributed by atoms with Crippen molar-refractivity contribution in [3.63, 3.8) is 0 Å². The van der Waals surface area contributed by atoms with Crippen LogP contribution in [0.3, 0.4) is 0 Å². The lowest BCUT2D eigenvalue weighted by Gasteiger charge is -2.22. The van der Waals surface area contributed by atoms with Crippen LogP contribution in [0, 0.1) is 39.4 Å². The van der Waals surface area contributed by atoms with E-state index in [0.29, 0.717) is 11.1 Å². The van der Waals surface area contributed by atoms with Gasteiger partial charge >= 0.3 is 11.1 Å². The van der Waals surface area contributed by atoms with Gasteiger partial charge in [-0.15, -0.1) is 0 Å². The molecule has 0 fully saturated rings. The van der Waals surface area contributed by atoms with Crippen molar-refractivity contribution in [1.29, 1.82) is 15.8 Å². The first-order chi connectivity index (χ1) is 12.2. The predicted octanol–water partition coefficient (Wildman–Crippen LogP) is 1.72. The summed E-state index contributed by atoms with van der Waals surface area (Å²) in [6, 6.07) is 12.2. The lowest BCUT2D eigenvalue weighted by atomic mass is 9.96. The Bertz CT molecular complexity index is 1080. The Hall–Kier alpha value is -3.63. The number of benzene rings is 1. The van der Waals surface area contributed by atoms with Crippen molar-refractivity contribution in [3.8, 4) is 18.2 Å². The largest absolute Gasteiger partial charge is 0.317 e. The molecule has 2 aromatic rings. The minimum atomic E-state index is -0.853. The highest BCUT2D eigenvalue weighted by Crippen LogP contribution is 2.17. The Morgan fingerprint density at radius 2 is 1.35 bits per heavy atom. The molecule has 0 aliphatic heterocycles. The summed E-state index contributed by atoms with van der Waals surface area (Å²) < 4.78 is 2.09. The van der Waals surface area contributed by atoms with E-state index in [1.54, 1.807) is 24.3 Å². The van der Waals surface area contributed by atoms with Gasteiger partial charge in [-0.05, 0) is 23.1 Å². The fourth-order valence-electron chi connectivity index (χ4n) is 2.56. The molecule has 1 aromatic carbocycles. The Morgan fingerprint density at radius 3 is 1.81 bits per heavy atom. The molecule has 0 N–H and O–H groups in total. The van der Waals surface area contributed by atoms with Gasteiger partial charge in [0.15, 0.2) is 11.4 Å². The Labute approximate surface area is 150 Å². The topological polar surface area (TPSA) is 115 Å². The quantitative estimate of drug-likeness (QED) is 0.784. The third-order valence-corrected chi connectivity index (χ3v) is 3.71. The number of hydrogen-bond donors (Lipinski definition) is 0. The molecule has 0 bridgehead atoms. The average Bonchev–Trinajstić information content (AvgIpc) is 2.60. The van der Waals surface area contributed by atoms with Crippen molar-refractivity contribution in [2.45, 2.75) is 33.9 Å². The van der Waals surface area contributed by atoms with Crippen LogP contribution in [-0.4, -0.2) is 9.13 Å². The Kier molecular flexibility index (Phi) is 5.10. The first kappa shape index (κ1) is 18.7. The molecule has 2 rings (SSSR count). The van der Waals surface area contributed by atoms with Gasteiger partial charge in [0.2, 0.25) is 0 Å². The number of nitrogens with zero attached hydrogens (tertiary/aromatic N) is 5. The lowest BCUT2D eigenvalue weighted by Crippen LogP contribution is -2.45. The second kappa shape index (κ2) is 7.09. The second-order valence-electron chi connectivity index (χ2n) is 7.07. The van der Waals surface area contributed by atoms with Crippen LogP contribution in [0.4, 0.5) is 0 Å². The molecule has 0 amide bonds. The molecule has 7 heteroatoms. The smallest absolute Gasteiger partial charge is 0.292 e. The molecule has 7 nitrogen and oxygen atoms in total. The number of rotatable bonds is 3. The molecule has 0 saturated heterocycles. The zero-order valence-corrected chi connectivity index (χ0v) is 14.8. The molecule has 130 valence electrons. The van der Waals surface area contributed by atoms with E-state index in [9.17, 15) is 20.1 Å². The Balaban J connectivity index is 2.68. The van der Waals surface area contributed by atoms with Gasteiger partial charge in [-0.1, -0.05) is 32.9 Å². The molecule has 0 unspecified atom stereocenters. The first-order valence-electron chi connectivity index (χ1n) is 7.88. The van der Waals surface area contributed by atoms with Gasteiger partial charge in [-0.3, -0.25) is 18.7 Å². The van der Waals surface area contributed by atoms with Crippen LogP contribution in [0.2, 0.25) is 0 Å². The first-order valence-corrected chi connectivity index (χ1v) is 7.88. The average molecular weight is 347 g/mol. The van der Waals surface area contributed by atoms with Crippen LogP contribution < -0.4 is 11.1 Å². The molecule has 26 heavy (non-hydrogen) atoms. The van der Waals surface area contributed by atoms with Crippen molar-refractivity contribution in [2.75, 3.05) is 0 Å². The van der Waals surface area contributed by atoms with Gasteiger partial charge in [0.05, 0.1) is 18.2 Å². The fourth-order valence-corrected chi connectivity index (χ4v) is 2.56. The minimum Gasteiger partial charge on any atom is -0.292 e. The van der Waals surface area contributed by atoms with E-state index in [1.165, 1.54) is 0 Å². The summed E-state index contributed by atoms with van der Waals surface area (Å²) in [4.78, 5) is 25.1. The summed E-state index contributed by atoms with van der Waals surface area (Å²) in [5.74, 6) is 0. The normalized spacial score (nSPS) is 10.6. The number of hydrogen-bond acceptors (Lipinski definition) is 5. The molecule has 0 aliphatic carbocycles. The summed E-state index contributed by atoms with van der Waals surface area (Å²) >= 11 is 0. The van der Waals surface area contributed by atoms with Gasteiger partial charge in [0, 0.05) is 6.54 Å². The summed E-state index contributed by atoms with van der Waals surface area (Å²) in [6.45, 7) is 5.73. The summed E-state index contributed by atoms with van der Waals surface area (Å²) in [5.41, 5.74) is -1.21. The van der Waals surface area contributed by atoms with Crippen molar-refractivity contribution in [2.24, 2.45) is 5.41 Å². The van der Waals surface area contributed by atoms with Gasteiger partial charge in [-0.2, -0.15) is 15.8 Å². The summed E-state index contributed by atoms with van der Waals surface area (Å²) in [5, 5.41) is 27.8. The standard InChI is InChI=1S/C19H17N5O2/c1-19(2,3)12-24-16(10-22)15(9-21)23(17(25)18(24)26)11-14-6-4-13(8-20)5-7-14/h4-7H,11-12H2,1-3H3. The van der Waals surface area contributed by atoms with Gasteiger partial charge in [-0.25, -0.2) is 0 Å². The molecule has 0 radical (unpaired) electrons. The molecular weight excluding hydrogens is 330 g/mol. The van der Waals surface area contributed by atoms with Crippen LogP contribution in [-0.2, 0) is 13.1 Å². The second-order valence-corrected chi connectivity index (χ2v) is 7.07. The highest BCUT2D eigenvalue weighted by molar-refractivity contribution is 5.38. The van der Waals surface area contributed by atoms with Crippen LogP contribution in [0.5, 0.6) is 0 Å². The predicted molar refractivity (Wildman–Crippen MR) is 94.1 cm³/mol. The van der Waals surface area contributed by atoms with Crippen molar-refractivity contribution in [1.82, 2.24) is 9.13 Å². The molecule has 0 atom stereocenters. The molecule has 0 aliphatic rings. The Morgan fingerprint density at radius 1 is 0.846 bits per heavy atom. The van der Waals surface area contributed by atoms with E-state index in [2.05, 4.69) is 0 Å². The number of aromatic nitrogens is 2. The SMILES string of the molecule is CC(C)(C)Cn1c(C#N)c(C#N)n(Cc2ccc(C#N)cc2)c(=O)c1=O. The minimum absolute atomic E-state index is 0.0340. The molecular formula is C19H17N5O2. The van der Waals surface area contributed by atoms with Crippen LogP contribution >= 0.6 is 0 Å². The van der Waals surface area contributed by atoms with E-state index < -0.39 is 11.1 Å². The van der Waals surface area contributed by atoms with Crippen molar-refractivity contribution < 1.29 is 0 Å². The molecule has 0 saturated carbocycles. The van der Waals surface area contributed by atoms with Gasteiger partial charge in [0.25, 0.3) is 0 Å².